The van der Waals surface area contributed by atoms with Gasteiger partial charge < -0.3 is 10.1 Å². The summed E-state index contributed by atoms with van der Waals surface area (Å²) in [7, 11) is 0. The number of hydrogen-bond acceptors (Lipinski definition) is 3. The molecule has 1 N–H and O–H groups in total. The highest BCUT2D eigenvalue weighted by molar-refractivity contribution is 5.76. The minimum Gasteiger partial charge on any atom is -0.462 e. The van der Waals surface area contributed by atoms with Gasteiger partial charge in [-0.15, -0.1) is 0 Å². The van der Waals surface area contributed by atoms with E-state index < -0.39 is 0 Å². The molecule has 2 rings (SSSR count). The molecule has 0 aromatic rings. The van der Waals surface area contributed by atoms with Crippen LogP contribution < -0.4 is 5.32 Å². The maximum Gasteiger partial charge on any atom is 0.323 e. The van der Waals surface area contributed by atoms with Crippen molar-refractivity contribution in [3.63, 3.8) is 0 Å². The molecular weight excluding hydrogens is 190 g/mol. The van der Waals surface area contributed by atoms with Crippen LogP contribution in [0.2, 0.25) is 0 Å². The highest BCUT2D eigenvalue weighted by Gasteiger charge is 2.39. The number of hydrogen-bond donors (Lipinski definition) is 1. The fourth-order valence-corrected chi connectivity index (χ4v) is 2.82. The largest absolute Gasteiger partial charge is 0.462 e. The van der Waals surface area contributed by atoms with Crippen molar-refractivity contribution in [1.82, 2.24) is 5.32 Å². The van der Waals surface area contributed by atoms with E-state index in [1.54, 1.807) is 0 Å². The van der Waals surface area contributed by atoms with Crippen molar-refractivity contribution in [2.24, 2.45) is 5.92 Å². The van der Waals surface area contributed by atoms with Crippen LogP contribution in [-0.4, -0.2) is 24.2 Å². The predicted molar refractivity (Wildman–Crippen MR) is 58.5 cm³/mol. The third-order valence-electron chi connectivity index (χ3n) is 3.50. The molecule has 0 amide bonds. The van der Waals surface area contributed by atoms with Gasteiger partial charge in [-0.3, -0.25) is 4.79 Å². The Morgan fingerprint density at radius 2 is 2.07 bits per heavy atom. The fourth-order valence-electron chi connectivity index (χ4n) is 2.82. The molecule has 15 heavy (non-hydrogen) atoms. The number of fused-ring (bicyclic) bond motifs is 1. The first-order chi connectivity index (χ1) is 7.16. The Labute approximate surface area is 91.6 Å². The maximum atomic E-state index is 11.7. The van der Waals surface area contributed by atoms with Gasteiger partial charge in [0.2, 0.25) is 0 Å². The molecule has 1 saturated carbocycles. The van der Waals surface area contributed by atoms with E-state index >= 15 is 0 Å². The van der Waals surface area contributed by atoms with Gasteiger partial charge in [0.25, 0.3) is 0 Å². The smallest absolute Gasteiger partial charge is 0.323 e. The minimum atomic E-state index is -0.0561. The molecular formula is C12H21NO2. The minimum absolute atomic E-state index is 0.00179. The number of carbonyl (C=O) groups is 1. The van der Waals surface area contributed by atoms with Crippen LogP contribution in [-0.2, 0) is 9.53 Å². The molecule has 1 aliphatic carbocycles. The Morgan fingerprint density at radius 1 is 1.33 bits per heavy atom. The van der Waals surface area contributed by atoms with Gasteiger partial charge in [0, 0.05) is 6.04 Å². The normalized spacial score (nSPS) is 35.3. The summed E-state index contributed by atoms with van der Waals surface area (Å²) >= 11 is 0. The van der Waals surface area contributed by atoms with Crippen molar-refractivity contribution in [2.45, 2.75) is 64.1 Å². The van der Waals surface area contributed by atoms with Gasteiger partial charge in [-0.2, -0.15) is 0 Å². The lowest BCUT2D eigenvalue weighted by molar-refractivity contribution is -0.149. The Hall–Kier alpha value is -0.570. The maximum absolute atomic E-state index is 11.7. The fraction of sp³-hybridized carbons (Fsp3) is 0.917. The zero-order valence-electron chi connectivity index (χ0n) is 9.66. The van der Waals surface area contributed by atoms with E-state index in [0.717, 1.165) is 6.42 Å². The lowest BCUT2D eigenvalue weighted by Crippen LogP contribution is -2.38. The van der Waals surface area contributed by atoms with E-state index in [-0.39, 0.29) is 18.1 Å². The van der Waals surface area contributed by atoms with Crippen molar-refractivity contribution in [1.29, 1.82) is 0 Å². The van der Waals surface area contributed by atoms with Gasteiger partial charge >= 0.3 is 5.97 Å². The zero-order chi connectivity index (χ0) is 10.8. The van der Waals surface area contributed by atoms with E-state index in [1.165, 1.54) is 25.7 Å². The zero-order valence-corrected chi connectivity index (χ0v) is 9.66. The molecule has 0 bridgehead atoms. The number of esters is 1. The first kappa shape index (κ1) is 10.9. The van der Waals surface area contributed by atoms with Crippen molar-refractivity contribution < 1.29 is 9.53 Å². The molecule has 2 aliphatic rings. The predicted octanol–water partition coefficient (Wildman–Crippen LogP) is 1.86. The molecule has 3 heteroatoms. The quantitative estimate of drug-likeness (QED) is 0.708. The highest BCUT2D eigenvalue weighted by atomic mass is 16.5. The monoisotopic (exact) mass is 211 g/mol. The van der Waals surface area contributed by atoms with E-state index in [9.17, 15) is 4.79 Å². The molecule has 0 radical (unpaired) electrons. The summed E-state index contributed by atoms with van der Waals surface area (Å²) in [6, 6.07) is 0.531. The van der Waals surface area contributed by atoms with Crippen molar-refractivity contribution in [3.05, 3.63) is 0 Å². The Kier molecular flexibility index (Phi) is 3.29. The topological polar surface area (TPSA) is 38.3 Å². The molecule has 86 valence electrons. The first-order valence-electron chi connectivity index (χ1n) is 6.13. The van der Waals surface area contributed by atoms with Crippen molar-refractivity contribution >= 4 is 5.97 Å². The van der Waals surface area contributed by atoms with E-state index in [1.807, 2.05) is 13.8 Å². The summed E-state index contributed by atoms with van der Waals surface area (Å²) in [5.74, 6) is 0.655. The third-order valence-corrected chi connectivity index (χ3v) is 3.50. The summed E-state index contributed by atoms with van der Waals surface area (Å²) in [5.41, 5.74) is 0. The van der Waals surface area contributed by atoms with E-state index in [4.69, 9.17) is 4.74 Å². The molecule has 3 unspecified atom stereocenters. The SMILES string of the molecule is CC(C)OC(=O)C1CC2CCCCC2N1. The Bertz CT molecular complexity index is 226. The lowest BCUT2D eigenvalue weighted by Gasteiger charge is -2.24. The van der Waals surface area contributed by atoms with Crippen LogP contribution in [0.15, 0.2) is 0 Å². The summed E-state index contributed by atoms with van der Waals surface area (Å²) in [6.45, 7) is 3.81. The van der Waals surface area contributed by atoms with Gasteiger partial charge in [-0.1, -0.05) is 12.8 Å². The molecule has 1 saturated heterocycles. The second kappa shape index (κ2) is 4.52. The van der Waals surface area contributed by atoms with Crippen LogP contribution in [0.4, 0.5) is 0 Å². The average Bonchev–Trinajstić information content (AvgIpc) is 2.59. The molecule has 2 fully saturated rings. The summed E-state index contributed by atoms with van der Waals surface area (Å²) in [5, 5.41) is 3.42. The van der Waals surface area contributed by atoms with E-state index in [2.05, 4.69) is 5.32 Å². The second-order valence-electron chi connectivity index (χ2n) is 5.09. The van der Waals surface area contributed by atoms with Crippen LogP contribution in [0.5, 0.6) is 0 Å². The van der Waals surface area contributed by atoms with Crippen LogP contribution in [0.25, 0.3) is 0 Å². The third kappa shape index (κ3) is 2.51. The molecule has 3 nitrogen and oxygen atoms in total. The highest BCUT2D eigenvalue weighted by Crippen LogP contribution is 2.33. The number of ether oxygens (including phenoxy) is 1. The molecule has 0 spiro atoms. The van der Waals surface area contributed by atoms with Gasteiger partial charge in [-0.25, -0.2) is 0 Å². The van der Waals surface area contributed by atoms with Gasteiger partial charge in [-0.05, 0) is 39.0 Å². The number of carbonyl (C=O) groups excluding carboxylic acids is 1. The van der Waals surface area contributed by atoms with Gasteiger partial charge in [0.1, 0.15) is 6.04 Å². The van der Waals surface area contributed by atoms with Crippen LogP contribution in [0, 0.1) is 5.92 Å². The van der Waals surface area contributed by atoms with Crippen molar-refractivity contribution in [2.75, 3.05) is 0 Å². The van der Waals surface area contributed by atoms with Crippen LogP contribution in [0.1, 0.15) is 46.0 Å². The Balaban J connectivity index is 1.88. The molecule has 3 atom stereocenters. The lowest BCUT2D eigenvalue weighted by atomic mass is 9.85. The molecule has 1 aliphatic heterocycles. The van der Waals surface area contributed by atoms with Gasteiger partial charge in [0.15, 0.2) is 0 Å². The first-order valence-corrected chi connectivity index (χ1v) is 6.13. The van der Waals surface area contributed by atoms with Gasteiger partial charge in [0.05, 0.1) is 6.10 Å². The average molecular weight is 211 g/mol. The Morgan fingerprint density at radius 3 is 2.73 bits per heavy atom. The second-order valence-corrected chi connectivity index (χ2v) is 5.09. The van der Waals surface area contributed by atoms with Crippen LogP contribution in [0.3, 0.4) is 0 Å². The molecule has 1 heterocycles. The summed E-state index contributed by atoms with van der Waals surface area (Å²) < 4.78 is 5.24. The van der Waals surface area contributed by atoms with E-state index in [0.29, 0.717) is 12.0 Å². The molecule has 0 aromatic carbocycles. The number of nitrogens with one attached hydrogen (secondary N) is 1. The van der Waals surface area contributed by atoms with Crippen molar-refractivity contribution in [3.8, 4) is 0 Å². The summed E-state index contributed by atoms with van der Waals surface area (Å²) in [4.78, 5) is 11.7. The van der Waals surface area contributed by atoms with Crippen LogP contribution >= 0.6 is 0 Å². The molecule has 0 aromatic heterocycles. The number of rotatable bonds is 2. The standard InChI is InChI=1S/C12H21NO2/c1-8(2)15-12(14)11-7-9-5-3-4-6-10(9)13-11/h8-11,13H,3-7H2,1-2H3. The summed E-state index contributed by atoms with van der Waals surface area (Å²) in [6.07, 6.45) is 6.13.